The van der Waals surface area contributed by atoms with Crippen molar-refractivity contribution in [3.05, 3.63) is 164 Å². The summed E-state index contributed by atoms with van der Waals surface area (Å²) in [5.74, 6) is 1.60. The van der Waals surface area contributed by atoms with Crippen LogP contribution in [0.1, 0.15) is 0 Å². The molecule has 0 saturated heterocycles. The van der Waals surface area contributed by atoms with Crippen LogP contribution in [-0.4, -0.2) is 24.3 Å². The molecule has 0 aliphatic heterocycles. The number of hydrogen-bond donors (Lipinski definition) is 0. The average Bonchev–Trinajstić information content (AvgIpc) is 3.88. The highest BCUT2D eigenvalue weighted by Gasteiger charge is 2.21. The van der Waals surface area contributed by atoms with Crippen molar-refractivity contribution < 1.29 is 0 Å². The summed E-state index contributed by atoms with van der Waals surface area (Å²) in [6.45, 7) is 0. The van der Waals surface area contributed by atoms with Gasteiger partial charge in [-0.1, -0.05) is 97.1 Å². The lowest BCUT2D eigenvalue weighted by molar-refractivity contribution is 1.07. The van der Waals surface area contributed by atoms with Gasteiger partial charge in [-0.15, -0.1) is 21.5 Å². The molecule has 0 bridgehead atoms. The molecule has 4 heterocycles. The molecule has 0 spiro atoms. The Balaban J connectivity index is 1.20. The molecule has 0 fully saturated rings. The fourth-order valence-corrected chi connectivity index (χ4v) is 8.15. The molecule has 6 aromatic carbocycles. The van der Waals surface area contributed by atoms with E-state index in [4.69, 9.17) is 10.1 Å². The lowest BCUT2D eigenvalue weighted by atomic mass is 10.1. The van der Waals surface area contributed by atoms with Crippen molar-refractivity contribution >= 4 is 53.4 Å². The Morgan fingerprint density at radius 3 is 1.78 bits per heavy atom. The van der Waals surface area contributed by atoms with E-state index >= 15 is 0 Å². The number of para-hydroxylation sites is 1. The van der Waals surface area contributed by atoms with Crippen molar-refractivity contribution in [3.63, 3.8) is 0 Å². The van der Waals surface area contributed by atoms with Crippen LogP contribution < -0.4 is 0 Å². The zero-order chi connectivity index (χ0) is 32.3. The Morgan fingerprint density at radius 1 is 0.429 bits per heavy atom. The summed E-state index contributed by atoms with van der Waals surface area (Å²) >= 11 is 1.84. The Bertz CT molecular complexity index is 2800. The first-order valence-electron chi connectivity index (χ1n) is 16.3. The van der Waals surface area contributed by atoms with E-state index in [2.05, 4.69) is 136 Å². The van der Waals surface area contributed by atoms with Crippen molar-refractivity contribution in [2.75, 3.05) is 0 Å². The molecule has 0 aliphatic rings. The predicted molar refractivity (Wildman–Crippen MR) is 203 cm³/mol. The highest BCUT2D eigenvalue weighted by atomic mass is 32.1. The summed E-state index contributed by atoms with van der Waals surface area (Å²) in [6.07, 6.45) is 0. The molecule has 10 aromatic rings. The standard InChI is InChI=1S/C43H27N5S/c1-4-12-28(13-5-1)35-25-26-36-40(44-35)34-24-27-38-39(33-18-10-11-19-37(33)49-38)41(34)47(36)32-22-20-30(21-23-32)43-46-45-42(29-14-6-2-7-15-29)48(43)31-16-8-3-9-17-31/h1-27H. The van der Waals surface area contributed by atoms with E-state index in [0.717, 1.165) is 61.8 Å². The van der Waals surface area contributed by atoms with Crippen LogP contribution in [0.5, 0.6) is 0 Å². The summed E-state index contributed by atoms with van der Waals surface area (Å²) in [5.41, 5.74) is 9.39. The van der Waals surface area contributed by atoms with E-state index in [1.54, 1.807) is 0 Å². The van der Waals surface area contributed by atoms with Gasteiger partial charge < -0.3 is 4.57 Å². The second-order valence-corrected chi connectivity index (χ2v) is 13.2. The molecule has 0 N–H and O–H groups in total. The lowest BCUT2D eigenvalue weighted by Crippen LogP contribution is -2.00. The Kier molecular flexibility index (Phi) is 6.29. The van der Waals surface area contributed by atoms with E-state index < -0.39 is 0 Å². The number of rotatable bonds is 5. The molecule has 0 unspecified atom stereocenters. The predicted octanol–water partition coefficient (Wildman–Crippen LogP) is 11.1. The number of nitrogens with zero attached hydrogens (tertiary/aromatic N) is 5. The van der Waals surface area contributed by atoms with E-state index in [1.807, 2.05) is 53.8 Å². The van der Waals surface area contributed by atoms with Gasteiger partial charge in [0, 0.05) is 53.6 Å². The molecule has 5 nitrogen and oxygen atoms in total. The Hall–Kier alpha value is -6.37. The molecule has 4 aromatic heterocycles. The molecule has 49 heavy (non-hydrogen) atoms. The number of benzene rings is 6. The van der Waals surface area contributed by atoms with Crippen LogP contribution in [0.2, 0.25) is 0 Å². The van der Waals surface area contributed by atoms with Gasteiger partial charge in [0.15, 0.2) is 11.6 Å². The highest BCUT2D eigenvalue weighted by molar-refractivity contribution is 7.26. The molecule has 0 radical (unpaired) electrons. The smallest absolute Gasteiger partial charge is 0.168 e. The summed E-state index contributed by atoms with van der Waals surface area (Å²) in [7, 11) is 0. The van der Waals surface area contributed by atoms with Gasteiger partial charge in [-0.2, -0.15) is 0 Å². The molecule has 0 amide bonds. The molecule has 6 heteroatoms. The molecule has 0 aliphatic carbocycles. The molecular formula is C43H27N5S. The van der Waals surface area contributed by atoms with Crippen molar-refractivity contribution in [1.82, 2.24) is 24.3 Å². The fourth-order valence-electron chi connectivity index (χ4n) is 7.04. The van der Waals surface area contributed by atoms with Gasteiger partial charge in [0.2, 0.25) is 0 Å². The molecule has 0 atom stereocenters. The van der Waals surface area contributed by atoms with Crippen molar-refractivity contribution in [2.45, 2.75) is 0 Å². The molecule has 0 saturated carbocycles. The van der Waals surface area contributed by atoms with E-state index in [0.29, 0.717) is 0 Å². The average molecular weight is 646 g/mol. The maximum atomic E-state index is 5.29. The molecule has 230 valence electrons. The van der Waals surface area contributed by atoms with Gasteiger partial charge >= 0.3 is 0 Å². The minimum Gasteiger partial charge on any atom is -0.307 e. The van der Waals surface area contributed by atoms with E-state index in [1.165, 1.54) is 25.7 Å². The third-order valence-electron chi connectivity index (χ3n) is 9.27. The van der Waals surface area contributed by atoms with Crippen LogP contribution in [-0.2, 0) is 0 Å². The lowest BCUT2D eigenvalue weighted by Gasteiger charge is -2.12. The maximum absolute atomic E-state index is 5.29. The van der Waals surface area contributed by atoms with Crippen molar-refractivity contribution in [1.29, 1.82) is 0 Å². The first-order valence-corrected chi connectivity index (χ1v) is 17.1. The zero-order valence-electron chi connectivity index (χ0n) is 26.2. The highest BCUT2D eigenvalue weighted by Crippen LogP contribution is 2.43. The SMILES string of the molecule is c1ccc(-c2ccc3c(n2)c2ccc4sc5ccccc5c4c2n3-c2ccc(-c3nnc(-c4ccccc4)n3-c3ccccc3)cc2)cc1. The largest absolute Gasteiger partial charge is 0.307 e. The molecule has 10 rings (SSSR count). The van der Waals surface area contributed by atoms with Crippen LogP contribution in [0, 0.1) is 0 Å². The van der Waals surface area contributed by atoms with E-state index in [-0.39, 0.29) is 0 Å². The third-order valence-corrected chi connectivity index (χ3v) is 10.4. The fraction of sp³-hybridized carbons (Fsp3) is 0. The molecular weight excluding hydrogens is 619 g/mol. The Labute approximate surface area is 286 Å². The van der Waals surface area contributed by atoms with Crippen molar-refractivity contribution in [3.8, 4) is 45.4 Å². The second kappa shape index (κ2) is 11.1. The monoisotopic (exact) mass is 645 g/mol. The summed E-state index contributed by atoms with van der Waals surface area (Å²) in [6, 6.07) is 57.2. The summed E-state index contributed by atoms with van der Waals surface area (Å²) in [4.78, 5) is 5.29. The van der Waals surface area contributed by atoms with Gasteiger partial charge in [-0.3, -0.25) is 4.57 Å². The van der Waals surface area contributed by atoms with Crippen LogP contribution in [0.3, 0.4) is 0 Å². The number of pyridine rings is 1. The second-order valence-electron chi connectivity index (χ2n) is 12.1. The van der Waals surface area contributed by atoms with Gasteiger partial charge in [0.05, 0.1) is 22.2 Å². The first-order chi connectivity index (χ1) is 24.3. The summed E-state index contributed by atoms with van der Waals surface area (Å²) in [5, 5.41) is 13.1. The first kappa shape index (κ1) is 27.7. The quantitative estimate of drug-likeness (QED) is 0.187. The van der Waals surface area contributed by atoms with Gasteiger partial charge in [0.1, 0.15) is 0 Å². The minimum atomic E-state index is 0.791. The van der Waals surface area contributed by atoms with Crippen LogP contribution in [0.15, 0.2) is 164 Å². The topological polar surface area (TPSA) is 48.5 Å². The zero-order valence-corrected chi connectivity index (χ0v) is 27.0. The number of hydrogen-bond acceptors (Lipinski definition) is 4. The number of fused-ring (bicyclic) bond motifs is 7. The van der Waals surface area contributed by atoms with Crippen LogP contribution in [0.25, 0.3) is 87.5 Å². The number of thiophene rings is 1. The van der Waals surface area contributed by atoms with Gasteiger partial charge in [0.25, 0.3) is 0 Å². The van der Waals surface area contributed by atoms with Crippen LogP contribution in [0.4, 0.5) is 0 Å². The number of aromatic nitrogens is 5. The van der Waals surface area contributed by atoms with Crippen LogP contribution >= 0.6 is 11.3 Å². The van der Waals surface area contributed by atoms with Gasteiger partial charge in [-0.25, -0.2) is 4.98 Å². The maximum Gasteiger partial charge on any atom is 0.168 e. The normalized spacial score (nSPS) is 11.7. The van der Waals surface area contributed by atoms with E-state index in [9.17, 15) is 0 Å². The van der Waals surface area contributed by atoms with Crippen molar-refractivity contribution in [2.24, 2.45) is 0 Å². The third kappa shape index (κ3) is 4.42. The minimum absolute atomic E-state index is 0.791. The summed E-state index contributed by atoms with van der Waals surface area (Å²) < 4.78 is 7.07. The Morgan fingerprint density at radius 2 is 1.04 bits per heavy atom. The van der Waals surface area contributed by atoms with Gasteiger partial charge in [-0.05, 0) is 66.7 Å².